The van der Waals surface area contributed by atoms with Gasteiger partial charge in [-0.1, -0.05) is 6.92 Å². The van der Waals surface area contributed by atoms with E-state index in [2.05, 4.69) is 21.2 Å². The van der Waals surface area contributed by atoms with Gasteiger partial charge in [0.25, 0.3) is 10.0 Å². The van der Waals surface area contributed by atoms with E-state index >= 15 is 0 Å². The lowest BCUT2D eigenvalue weighted by atomic mass is 10.5. The zero-order valence-corrected chi connectivity index (χ0v) is 13.4. The lowest BCUT2D eigenvalue weighted by molar-refractivity contribution is -0.121. The van der Waals surface area contributed by atoms with Crippen LogP contribution < -0.4 is 5.32 Å². The molecule has 0 saturated heterocycles. The summed E-state index contributed by atoms with van der Waals surface area (Å²) >= 11 is 4.36. The zero-order valence-electron chi connectivity index (χ0n) is 10.1. The number of amides is 1. The summed E-state index contributed by atoms with van der Waals surface area (Å²) in [4.78, 5) is 11.5. The van der Waals surface area contributed by atoms with Crippen molar-refractivity contribution in [1.29, 1.82) is 0 Å². The van der Waals surface area contributed by atoms with Crippen molar-refractivity contribution in [3.8, 4) is 0 Å². The second kappa shape index (κ2) is 6.65. The van der Waals surface area contributed by atoms with Crippen LogP contribution >= 0.6 is 27.3 Å². The molecule has 1 rings (SSSR count). The van der Waals surface area contributed by atoms with E-state index in [0.717, 1.165) is 19.4 Å². The Morgan fingerprint density at radius 3 is 2.56 bits per heavy atom. The molecule has 0 spiro atoms. The molecule has 0 aromatic carbocycles. The number of sulfonamides is 1. The molecule has 0 radical (unpaired) electrons. The molecular formula is C10H15BrN2O3S2. The maximum absolute atomic E-state index is 12.3. The molecule has 0 unspecified atom stereocenters. The van der Waals surface area contributed by atoms with Gasteiger partial charge in [-0.15, -0.1) is 11.3 Å². The van der Waals surface area contributed by atoms with Gasteiger partial charge in [-0.2, -0.15) is 4.31 Å². The highest BCUT2D eigenvalue weighted by molar-refractivity contribution is 9.11. The molecule has 0 aliphatic heterocycles. The van der Waals surface area contributed by atoms with Crippen molar-refractivity contribution in [2.75, 3.05) is 19.6 Å². The largest absolute Gasteiger partial charge is 0.355 e. The normalized spacial score (nSPS) is 11.8. The first-order chi connectivity index (χ1) is 8.41. The molecule has 5 nitrogen and oxygen atoms in total. The maximum atomic E-state index is 12.3. The average Bonchev–Trinajstić information content (AvgIpc) is 2.73. The number of thiophene rings is 1. The van der Waals surface area contributed by atoms with Crippen LogP contribution in [-0.4, -0.2) is 38.3 Å². The van der Waals surface area contributed by atoms with Crippen molar-refractivity contribution in [2.45, 2.75) is 18.1 Å². The molecule has 1 amide bonds. The van der Waals surface area contributed by atoms with Gasteiger partial charge in [0.1, 0.15) is 4.21 Å². The highest BCUT2D eigenvalue weighted by atomic mass is 79.9. The maximum Gasteiger partial charge on any atom is 0.253 e. The van der Waals surface area contributed by atoms with Crippen LogP contribution in [0.1, 0.15) is 13.8 Å². The molecule has 0 bridgehead atoms. The number of halogens is 1. The summed E-state index contributed by atoms with van der Waals surface area (Å²) < 4.78 is 26.6. The van der Waals surface area contributed by atoms with Gasteiger partial charge in [0.15, 0.2) is 0 Å². The number of carbonyl (C=O) groups is 1. The minimum atomic E-state index is -3.58. The minimum Gasteiger partial charge on any atom is -0.355 e. The standard InChI is InChI=1S/C10H15BrN2O3S2/c1-3-12-9(14)7-13(4-2)18(15,16)10-6-5-8(11)17-10/h5-6H,3-4,7H2,1-2H3,(H,12,14). The summed E-state index contributed by atoms with van der Waals surface area (Å²) in [7, 11) is -3.58. The molecule has 1 aromatic heterocycles. The summed E-state index contributed by atoms with van der Waals surface area (Å²) in [6.45, 7) is 4.09. The first kappa shape index (κ1) is 15.6. The van der Waals surface area contributed by atoms with Gasteiger partial charge in [-0.05, 0) is 35.0 Å². The highest BCUT2D eigenvalue weighted by Crippen LogP contribution is 2.28. The second-order valence-corrected chi connectivity index (χ2v) is 8.07. The lowest BCUT2D eigenvalue weighted by Crippen LogP contribution is -2.40. The van der Waals surface area contributed by atoms with Crippen LogP contribution in [0.25, 0.3) is 0 Å². The van der Waals surface area contributed by atoms with E-state index in [1.807, 2.05) is 0 Å². The summed E-state index contributed by atoms with van der Waals surface area (Å²) in [5, 5.41) is 2.59. The molecule has 1 heterocycles. The fraction of sp³-hybridized carbons (Fsp3) is 0.500. The highest BCUT2D eigenvalue weighted by Gasteiger charge is 2.26. The Hall–Kier alpha value is -0.440. The molecule has 8 heteroatoms. The van der Waals surface area contributed by atoms with Crippen molar-refractivity contribution in [1.82, 2.24) is 9.62 Å². The first-order valence-electron chi connectivity index (χ1n) is 5.44. The Bertz CT molecular complexity index is 513. The average molecular weight is 355 g/mol. The fourth-order valence-electron chi connectivity index (χ4n) is 1.34. The minimum absolute atomic E-state index is 0.151. The van der Waals surface area contributed by atoms with Crippen LogP contribution in [0.4, 0.5) is 0 Å². The van der Waals surface area contributed by atoms with Crippen molar-refractivity contribution in [2.24, 2.45) is 0 Å². The molecule has 0 aliphatic carbocycles. The Balaban J connectivity index is 2.90. The number of likely N-dealkylation sites (N-methyl/N-ethyl adjacent to an activating group) is 2. The fourth-order valence-corrected chi connectivity index (χ4v) is 4.91. The number of nitrogens with one attached hydrogen (secondary N) is 1. The number of nitrogens with zero attached hydrogens (tertiary/aromatic N) is 1. The molecule has 0 atom stereocenters. The van der Waals surface area contributed by atoms with Crippen molar-refractivity contribution in [3.63, 3.8) is 0 Å². The Morgan fingerprint density at radius 1 is 1.44 bits per heavy atom. The van der Waals surface area contributed by atoms with Gasteiger partial charge in [0.05, 0.1) is 10.3 Å². The van der Waals surface area contributed by atoms with E-state index in [4.69, 9.17) is 0 Å². The third-order valence-electron chi connectivity index (χ3n) is 2.19. The molecule has 0 saturated carbocycles. The molecule has 0 aliphatic rings. The number of hydrogen-bond donors (Lipinski definition) is 1. The molecule has 1 aromatic rings. The molecule has 18 heavy (non-hydrogen) atoms. The van der Waals surface area contributed by atoms with Crippen molar-refractivity contribution >= 4 is 43.2 Å². The molecule has 0 fully saturated rings. The summed E-state index contributed by atoms with van der Waals surface area (Å²) in [5.41, 5.74) is 0. The lowest BCUT2D eigenvalue weighted by Gasteiger charge is -2.18. The van der Waals surface area contributed by atoms with Crippen LogP contribution in [0.3, 0.4) is 0 Å². The Morgan fingerprint density at radius 2 is 2.11 bits per heavy atom. The smallest absolute Gasteiger partial charge is 0.253 e. The first-order valence-corrected chi connectivity index (χ1v) is 8.49. The number of carbonyl (C=O) groups excluding carboxylic acids is 1. The monoisotopic (exact) mass is 354 g/mol. The van der Waals surface area contributed by atoms with E-state index in [1.165, 1.54) is 6.07 Å². The van der Waals surface area contributed by atoms with Crippen molar-refractivity contribution in [3.05, 3.63) is 15.9 Å². The SMILES string of the molecule is CCNC(=O)CN(CC)S(=O)(=O)c1ccc(Br)s1. The van der Waals surface area contributed by atoms with Crippen LogP contribution in [0.2, 0.25) is 0 Å². The van der Waals surface area contributed by atoms with Gasteiger partial charge in [-0.3, -0.25) is 4.79 Å². The number of hydrogen-bond acceptors (Lipinski definition) is 4. The third-order valence-corrected chi connectivity index (χ3v) is 6.20. The zero-order chi connectivity index (χ0) is 13.8. The Labute approximate surface area is 119 Å². The molecule has 1 N–H and O–H groups in total. The molecular weight excluding hydrogens is 340 g/mol. The van der Waals surface area contributed by atoms with Crippen molar-refractivity contribution < 1.29 is 13.2 Å². The van der Waals surface area contributed by atoms with E-state index < -0.39 is 10.0 Å². The second-order valence-electron chi connectivity index (χ2n) is 3.44. The van der Waals surface area contributed by atoms with E-state index in [0.29, 0.717) is 6.54 Å². The van der Waals surface area contributed by atoms with E-state index in [-0.39, 0.29) is 23.2 Å². The third kappa shape index (κ3) is 3.78. The Kier molecular flexibility index (Phi) is 5.77. The predicted octanol–water partition coefficient (Wildman–Crippen LogP) is 1.66. The summed E-state index contributed by atoms with van der Waals surface area (Å²) in [6.07, 6.45) is 0. The van der Waals surface area contributed by atoms with Crippen LogP contribution in [0.5, 0.6) is 0 Å². The van der Waals surface area contributed by atoms with Gasteiger partial charge >= 0.3 is 0 Å². The van der Waals surface area contributed by atoms with Crippen LogP contribution in [0.15, 0.2) is 20.1 Å². The quantitative estimate of drug-likeness (QED) is 0.844. The van der Waals surface area contributed by atoms with Gasteiger partial charge < -0.3 is 5.32 Å². The molecule has 102 valence electrons. The van der Waals surface area contributed by atoms with Gasteiger partial charge in [-0.25, -0.2) is 8.42 Å². The van der Waals surface area contributed by atoms with Crippen LogP contribution in [0, 0.1) is 0 Å². The van der Waals surface area contributed by atoms with E-state index in [1.54, 1.807) is 19.9 Å². The van der Waals surface area contributed by atoms with E-state index in [9.17, 15) is 13.2 Å². The van der Waals surface area contributed by atoms with Crippen LogP contribution in [-0.2, 0) is 14.8 Å². The van der Waals surface area contributed by atoms with Gasteiger partial charge in [0, 0.05) is 13.1 Å². The predicted molar refractivity (Wildman–Crippen MR) is 75.1 cm³/mol. The number of rotatable bonds is 6. The van der Waals surface area contributed by atoms with Gasteiger partial charge in [0.2, 0.25) is 5.91 Å². The summed E-state index contributed by atoms with van der Waals surface area (Å²) in [6, 6.07) is 3.21. The summed E-state index contributed by atoms with van der Waals surface area (Å²) in [5.74, 6) is -0.293. The topological polar surface area (TPSA) is 66.5 Å².